The van der Waals surface area contributed by atoms with E-state index in [0.29, 0.717) is 5.92 Å². The van der Waals surface area contributed by atoms with Crippen LogP contribution in [0, 0.1) is 29.4 Å². The van der Waals surface area contributed by atoms with Crippen LogP contribution in [0.2, 0.25) is 0 Å². The number of likely N-dealkylation sites (N-methyl/N-ethyl adjacent to an activating group) is 1. The molecule has 0 spiro atoms. The maximum absolute atomic E-state index is 13.4. The van der Waals surface area contributed by atoms with Crippen LogP contribution < -0.4 is 5.32 Å². The summed E-state index contributed by atoms with van der Waals surface area (Å²) in [4.78, 5) is 4.40. The third kappa shape index (κ3) is 4.06. The zero-order valence-corrected chi connectivity index (χ0v) is 12.0. The standard InChI is InChI=1S/C13H19F4N3/c1-7(2)5-8(20(3)4)6-18-11-9(14)12(16)19-13(17)10(11)15/h7-8H,5-6H2,1-4H3,(H,18,19). The molecular weight excluding hydrogens is 274 g/mol. The third-order valence-electron chi connectivity index (χ3n) is 2.99. The highest BCUT2D eigenvalue weighted by Gasteiger charge is 2.22. The smallest absolute Gasteiger partial charge is 0.253 e. The first kappa shape index (κ1) is 16.7. The van der Waals surface area contributed by atoms with Gasteiger partial charge in [-0.25, -0.2) is 0 Å². The summed E-state index contributed by atoms with van der Waals surface area (Å²) in [6, 6.07) is -0.0203. The Hall–Kier alpha value is -1.37. The van der Waals surface area contributed by atoms with Crippen LogP contribution in [0.3, 0.4) is 0 Å². The molecule has 114 valence electrons. The summed E-state index contributed by atoms with van der Waals surface area (Å²) in [5.41, 5.74) is -0.814. The molecule has 1 N–H and O–H groups in total. The molecule has 0 radical (unpaired) electrons. The Kier molecular flexibility index (Phi) is 5.74. The maximum atomic E-state index is 13.4. The van der Waals surface area contributed by atoms with Crippen LogP contribution in [0.5, 0.6) is 0 Å². The maximum Gasteiger partial charge on any atom is 0.253 e. The minimum absolute atomic E-state index is 0.0203. The van der Waals surface area contributed by atoms with Crippen LogP contribution in [0.4, 0.5) is 23.2 Å². The lowest BCUT2D eigenvalue weighted by atomic mass is 10.0. The van der Waals surface area contributed by atoms with Crippen LogP contribution in [0.1, 0.15) is 20.3 Å². The van der Waals surface area contributed by atoms with Crippen molar-refractivity contribution >= 4 is 5.69 Å². The van der Waals surface area contributed by atoms with Crippen molar-refractivity contribution in [2.45, 2.75) is 26.3 Å². The summed E-state index contributed by atoms with van der Waals surface area (Å²) in [7, 11) is 3.66. The predicted molar refractivity (Wildman–Crippen MR) is 69.5 cm³/mol. The Morgan fingerprint density at radius 2 is 1.55 bits per heavy atom. The van der Waals surface area contributed by atoms with E-state index >= 15 is 0 Å². The van der Waals surface area contributed by atoms with Crippen LogP contribution >= 0.6 is 0 Å². The first-order valence-corrected chi connectivity index (χ1v) is 6.34. The van der Waals surface area contributed by atoms with Crippen molar-refractivity contribution < 1.29 is 17.6 Å². The van der Waals surface area contributed by atoms with Gasteiger partial charge in [-0.15, -0.1) is 0 Å². The normalized spacial score (nSPS) is 13.1. The van der Waals surface area contributed by atoms with Gasteiger partial charge in [-0.1, -0.05) is 13.8 Å². The van der Waals surface area contributed by atoms with E-state index in [1.54, 1.807) is 0 Å². The first-order valence-electron chi connectivity index (χ1n) is 6.34. The molecule has 0 aliphatic carbocycles. The molecule has 3 nitrogen and oxygen atoms in total. The largest absolute Gasteiger partial charge is 0.378 e. The molecular formula is C13H19F4N3. The van der Waals surface area contributed by atoms with E-state index in [0.717, 1.165) is 6.42 Å². The zero-order chi connectivity index (χ0) is 15.4. The number of hydrogen-bond donors (Lipinski definition) is 1. The molecule has 0 aromatic carbocycles. The minimum Gasteiger partial charge on any atom is -0.378 e. The number of pyridine rings is 1. The van der Waals surface area contributed by atoms with Crippen molar-refractivity contribution in [1.82, 2.24) is 9.88 Å². The third-order valence-corrected chi connectivity index (χ3v) is 2.99. The van der Waals surface area contributed by atoms with E-state index in [4.69, 9.17) is 0 Å². The molecule has 1 rings (SSSR count). The van der Waals surface area contributed by atoms with Crippen molar-refractivity contribution in [3.05, 3.63) is 23.5 Å². The van der Waals surface area contributed by atoms with Gasteiger partial charge in [0.05, 0.1) is 0 Å². The van der Waals surface area contributed by atoms with Crippen LogP contribution in [0.25, 0.3) is 0 Å². The Morgan fingerprint density at radius 3 is 1.95 bits per heavy atom. The summed E-state index contributed by atoms with van der Waals surface area (Å²) in [5, 5.41) is 2.44. The minimum atomic E-state index is -1.66. The molecule has 7 heteroatoms. The van der Waals surface area contributed by atoms with Gasteiger partial charge >= 0.3 is 0 Å². The van der Waals surface area contributed by atoms with Gasteiger partial charge in [-0.05, 0) is 26.4 Å². The lowest BCUT2D eigenvalue weighted by molar-refractivity contribution is 0.265. The topological polar surface area (TPSA) is 28.2 Å². The highest BCUT2D eigenvalue weighted by molar-refractivity contribution is 5.45. The van der Waals surface area contributed by atoms with Gasteiger partial charge in [-0.3, -0.25) is 0 Å². The fourth-order valence-electron chi connectivity index (χ4n) is 1.88. The lowest BCUT2D eigenvalue weighted by Gasteiger charge is -2.26. The molecule has 0 bridgehead atoms. The fraction of sp³-hybridized carbons (Fsp3) is 0.615. The molecule has 1 unspecified atom stereocenters. The Labute approximate surface area is 116 Å². The second kappa shape index (κ2) is 6.88. The van der Waals surface area contributed by atoms with Gasteiger partial charge in [0.1, 0.15) is 5.69 Å². The second-order valence-corrected chi connectivity index (χ2v) is 5.32. The van der Waals surface area contributed by atoms with Crippen LogP contribution in [-0.2, 0) is 0 Å². The Bertz CT molecular complexity index is 437. The molecule has 20 heavy (non-hydrogen) atoms. The average Bonchev–Trinajstić information content (AvgIpc) is 2.34. The molecule has 0 amide bonds. The quantitative estimate of drug-likeness (QED) is 0.645. The van der Waals surface area contributed by atoms with E-state index in [1.807, 2.05) is 32.8 Å². The van der Waals surface area contributed by atoms with Crippen molar-refractivity contribution in [1.29, 1.82) is 0 Å². The number of nitrogens with zero attached hydrogens (tertiary/aromatic N) is 2. The molecule has 0 fully saturated rings. The molecule has 0 saturated heterocycles. The summed E-state index contributed by atoms with van der Waals surface area (Å²) in [5.74, 6) is -5.95. The van der Waals surface area contributed by atoms with Gasteiger partial charge in [0.25, 0.3) is 11.9 Å². The number of nitrogens with one attached hydrogen (secondary N) is 1. The number of aromatic nitrogens is 1. The van der Waals surface area contributed by atoms with Crippen molar-refractivity contribution in [2.75, 3.05) is 26.0 Å². The molecule has 1 aromatic heterocycles. The molecule has 1 aromatic rings. The SMILES string of the molecule is CC(C)CC(CNc1c(F)c(F)nc(F)c1F)N(C)C. The summed E-state index contributed by atoms with van der Waals surface area (Å²) < 4.78 is 52.8. The lowest BCUT2D eigenvalue weighted by Crippen LogP contribution is -2.36. The van der Waals surface area contributed by atoms with E-state index in [1.165, 1.54) is 0 Å². The van der Waals surface area contributed by atoms with Gasteiger partial charge in [0.15, 0.2) is 0 Å². The predicted octanol–water partition coefficient (Wildman–Crippen LogP) is 3.03. The fourth-order valence-corrected chi connectivity index (χ4v) is 1.88. The van der Waals surface area contributed by atoms with E-state index in [9.17, 15) is 17.6 Å². The van der Waals surface area contributed by atoms with E-state index in [-0.39, 0.29) is 12.6 Å². The number of rotatable bonds is 6. The molecule has 0 aliphatic heterocycles. The highest BCUT2D eigenvalue weighted by atomic mass is 19.2. The monoisotopic (exact) mass is 293 g/mol. The van der Waals surface area contributed by atoms with E-state index < -0.39 is 29.2 Å². The summed E-state index contributed by atoms with van der Waals surface area (Å²) in [6.45, 7) is 4.20. The summed E-state index contributed by atoms with van der Waals surface area (Å²) >= 11 is 0. The van der Waals surface area contributed by atoms with Gasteiger partial charge in [0, 0.05) is 12.6 Å². The van der Waals surface area contributed by atoms with Crippen LogP contribution in [0.15, 0.2) is 0 Å². The highest BCUT2D eigenvalue weighted by Crippen LogP contribution is 2.22. The molecule has 1 atom stereocenters. The number of halogens is 4. The second-order valence-electron chi connectivity index (χ2n) is 5.32. The molecule has 0 saturated carbocycles. The van der Waals surface area contributed by atoms with Gasteiger partial charge in [-0.2, -0.15) is 22.5 Å². The van der Waals surface area contributed by atoms with Crippen molar-refractivity contribution in [3.63, 3.8) is 0 Å². The summed E-state index contributed by atoms with van der Waals surface area (Å²) in [6.07, 6.45) is 0.777. The Balaban J connectivity index is 2.88. The van der Waals surface area contributed by atoms with Gasteiger partial charge in [0.2, 0.25) is 11.6 Å². The number of hydrogen-bond acceptors (Lipinski definition) is 3. The first-order chi connectivity index (χ1) is 9.23. The Morgan fingerprint density at radius 1 is 1.05 bits per heavy atom. The van der Waals surface area contributed by atoms with Crippen LogP contribution in [-0.4, -0.2) is 36.6 Å². The molecule has 1 heterocycles. The van der Waals surface area contributed by atoms with Crippen molar-refractivity contribution in [2.24, 2.45) is 5.92 Å². The average molecular weight is 293 g/mol. The number of anilines is 1. The van der Waals surface area contributed by atoms with Gasteiger partial charge < -0.3 is 10.2 Å². The zero-order valence-electron chi connectivity index (χ0n) is 12.0. The molecule has 0 aliphatic rings. The van der Waals surface area contributed by atoms with E-state index in [2.05, 4.69) is 10.3 Å². The van der Waals surface area contributed by atoms with Crippen molar-refractivity contribution in [3.8, 4) is 0 Å².